The van der Waals surface area contributed by atoms with Gasteiger partial charge < -0.3 is 19.0 Å². The van der Waals surface area contributed by atoms with Gasteiger partial charge in [0.05, 0.1) is 12.1 Å². The van der Waals surface area contributed by atoms with Crippen LogP contribution in [0.2, 0.25) is 5.02 Å². The maximum absolute atomic E-state index is 13.2. The molecule has 1 amide bonds. The summed E-state index contributed by atoms with van der Waals surface area (Å²) in [6, 6.07) is 12.5. The Labute approximate surface area is 173 Å². The molecular weight excluding hydrogens is 390 g/mol. The molecule has 6 nitrogen and oxygen atoms in total. The van der Waals surface area contributed by atoms with Gasteiger partial charge in [0.25, 0.3) is 5.91 Å². The van der Waals surface area contributed by atoms with E-state index in [0.29, 0.717) is 22.2 Å². The minimum absolute atomic E-state index is 0.224. The predicted molar refractivity (Wildman–Crippen MR) is 111 cm³/mol. The van der Waals surface area contributed by atoms with Gasteiger partial charge in [0.1, 0.15) is 17.6 Å². The standard InChI is InChI=1S/C22H20ClN3O3/c1-13-14-8-6-9-16(23)20(14)29-19(13)22(27)25-18(21-24-11-12-26(21)2)15-7-4-5-10-17(15)28-3/h4-12,18H,1-3H3,(H,25,27)/t18-/m0/s1. The summed E-state index contributed by atoms with van der Waals surface area (Å²) < 4.78 is 13.2. The number of carbonyl (C=O) groups excluding carboxylic acids is 1. The Morgan fingerprint density at radius 1 is 1.24 bits per heavy atom. The number of aromatic nitrogens is 2. The van der Waals surface area contributed by atoms with Crippen molar-refractivity contribution in [3.8, 4) is 5.75 Å². The number of rotatable bonds is 5. The van der Waals surface area contributed by atoms with E-state index in [2.05, 4.69) is 10.3 Å². The highest BCUT2D eigenvalue weighted by molar-refractivity contribution is 6.35. The smallest absolute Gasteiger partial charge is 0.288 e. The van der Waals surface area contributed by atoms with Crippen LogP contribution in [0.1, 0.15) is 33.5 Å². The van der Waals surface area contributed by atoms with Crippen molar-refractivity contribution in [1.29, 1.82) is 0 Å². The highest BCUT2D eigenvalue weighted by Gasteiger charge is 2.27. The Bertz CT molecular complexity index is 1200. The third-order valence-corrected chi connectivity index (χ3v) is 5.26. The fourth-order valence-electron chi connectivity index (χ4n) is 3.46. The third-order valence-electron chi connectivity index (χ3n) is 4.96. The lowest BCUT2D eigenvalue weighted by Crippen LogP contribution is -2.31. The van der Waals surface area contributed by atoms with Crippen LogP contribution in [0.15, 0.2) is 59.3 Å². The minimum atomic E-state index is -0.526. The number of nitrogens with zero attached hydrogens (tertiary/aromatic N) is 2. The number of carbonyl (C=O) groups is 1. The molecule has 0 aliphatic rings. The molecule has 1 N–H and O–H groups in total. The van der Waals surface area contributed by atoms with Crippen LogP contribution in [-0.2, 0) is 7.05 Å². The van der Waals surface area contributed by atoms with Gasteiger partial charge in [-0.25, -0.2) is 4.98 Å². The molecule has 148 valence electrons. The molecule has 7 heteroatoms. The zero-order valence-electron chi connectivity index (χ0n) is 16.3. The quantitative estimate of drug-likeness (QED) is 0.520. The summed E-state index contributed by atoms with van der Waals surface area (Å²) in [6.45, 7) is 1.84. The first-order valence-electron chi connectivity index (χ1n) is 9.10. The van der Waals surface area contributed by atoms with Gasteiger partial charge in [0.2, 0.25) is 0 Å². The average molecular weight is 410 g/mol. The first kappa shape index (κ1) is 19.1. The SMILES string of the molecule is COc1ccccc1[C@H](NC(=O)c1oc2c(Cl)cccc2c1C)c1nccn1C. The van der Waals surface area contributed by atoms with Crippen molar-refractivity contribution in [3.63, 3.8) is 0 Å². The second kappa shape index (κ2) is 7.64. The minimum Gasteiger partial charge on any atom is -0.496 e. The van der Waals surface area contributed by atoms with Crippen molar-refractivity contribution < 1.29 is 13.9 Å². The molecule has 0 fully saturated rings. The molecule has 1 atom stereocenters. The van der Waals surface area contributed by atoms with Gasteiger partial charge in [-0.3, -0.25) is 4.79 Å². The molecule has 2 aromatic carbocycles. The van der Waals surface area contributed by atoms with E-state index in [1.54, 1.807) is 19.4 Å². The van der Waals surface area contributed by atoms with E-state index in [1.807, 2.05) is 61.1 Å². The normalized spacial score (nSPS) is 12.1. The predicted octanol–water partition coefficient (Wildman–Crippen LogP) is 4.66. The van der Waals surface area contributed by atoms with Crippen LogP contribution < -0.4 is 10.1 Å². The maximum atomic E-state index is 13.2. The van der Waals surface area contributed by atoms with Crippen LogP contribution in [0.25, 0.3) is 11.0 Å². The van der Waals surface area contributed by atoms with Crippen LogP contribution in [0.3, 0.4) is 0 Å². The zero-order valence-corrected chi connectivity index (χ0v) is 17.0. The highest BCUT2D eigenvalue weighted by Crippen LogP contribution is 2.33. The first-order chi connectivity index (χ1) is 14.0. The molecule has 4 aromatic rings. The van der Waals surface area contributed by atoms with E-state index in [0.717, 1.165) is 16.5 Å². The van der Waals surface area contributed by atoms with Gasteiger partial charge in [0, 0.05) is 36.0 Å². The fraction of sp³-hybridized carbons (Fsp3) is 0.182. The van der Waals surface area contributed by atoms with Crippen molar-refractivity contribution in [2.24, 2.45) is 7.05 Å². The number of fused-ring (bicyclic) bond motifs is 1. The summed E-state index contributed by atoms with van der Waals surface area (Å²) in [5, 5.41) is 4.33. The van der Waals surface area contributed by atoms with Crippen molar-refractivity contribution >= 4 is 28.5 Å². The Morgan fingerprint density at radius 2 is 2.03 bits per heavy atom. The second-order valence-corrected chi connectivity index (χ2v) is 7.12. The fourth-order valence-corrected chi connectivity index (χ4v) is 3.68. The van der Waals surface area contributed by atoms with Crippen LogP contribution in [0.4, 0.5) is 0 Å². The van der Waals surface area contributed by atoms with E-state index >= 15 is 0 Å². The molecule has 0 unspecified atom stereocenters. The van der Waals surface area contributed by atoms with Crippen LogP contribution in [0, 0.1) is 6.92 Å². The lowest BCUT2D eigenvalue weighted by Gasteiger charge is -2.21. The van der Waals surface area contributed by atoms with E-state index in [4.69, 9.17) is 20.8 Å². The number of hydrogen-bond acceptors (Lipinski definition) is 4. The summed E-state index contributed by atoms with van der Waals surface area (Å²) in [5.41, 5.74) is 2.03. The molecule has 0 bridgehead atoms. The van der Waals surface area contributed by atoms with Crippen LogP contribution >= 0.6 is 11.6 Å². The summed E-state index contributed by atoms with van der Waals surface area (Å²) >= 11 is 6.23. The molecular formula is C22H20ClN3O3. The summed E-state index contributed by atoms with van der Waals surface area (Å²) in [7, 11) is 3.48. The lowest BCUT2D eigenvalue weighted by molar-refractivity contribution is 0.0914. The van der Waals surface area contributed by atoms with Crippen molar-refractivity contribution in [3.05, 3.63) is 82.6 Å². The molecule has 0 saturated carbocycles. The van der Waals surface area contributed by atoms with Gasteiger partial charge in [-0.2, -0.15) is 0 Å². The summed E-state index contributed by atoms with van der Waals surface area (Å²) in [5.74, 6) is 1.20. The highest BCUT2D eigenvalue weighted by atomic mass is 35.5. The number of halogens is 1. The topological polar surface area (TPSA) is 69.3 Å². The Kier molecular flexibility index (Phi) is 5.03. The van der Waals surface area contributed by atoms with E-state index < -0.39 is 6.04 Å². The van der Waals surface area contributed by atoms with Crippen molar-refractivity contribution in [2.45, 2.75) is 13.0 Å². The molecule has 29 heavy (non-hydrogen) atoms. The number of benzene rings is 2. The monoisotopic (exact) mass is 409 g/mol. The molecule has 0 aliphatic carbocycles. The number of methoxy groups -OCH3 is 1. The zero-order chi connectivity index (χ0) is 20.5. The van der Waals surface area contributed by atoms with Gasteiger partial charge in [-0.1, -0.05) is 41.9 Å². The van der Waals surface area contributed by atoms with E-state index in [9.17, 15) is 4.79 Å². The largest absolute Gasteiger partial charge is 0.496 e. The number of para-hydroxylation sites is 2. The Hall–Kier alpha value is -3.25. The number of imidazole rings is 1. The first-order valence-corrected chi connectivity index (χ1v) is 9.47. The number of ether oxygens (including phenoxy) is 1. The Balaban J connectivity index is 1.78. The molecule has 4 rings (SSSR count). The maximum Gasteiger partial charge on any atom is 0.288 e. The molecule has 2 aromatic heterocycles. The van der Waals surface area contributed by atoms with Crippen molar-refractivity contribution in [2.75, 3.05) is 7.11 Å². The van der Waals surface area contributed by atoms with Crippen LogP contribution in [-0.4, -0.2) is 22.6 Å². The number of aryl methyl sites for hydroxylation is 2. The molecule has 0 radical (unpaired) electrons. The third kappa shape index (κ3) is 3.36. The van der Waals surface area contributed by atoms with E-state index in [-0.39, 0.29) is 11.7 Å². The number of amides is 1. The Morgan fingerprint density at radius 3 is 2.72 bits per heavy atom. The van der Waals surface area contributed by atoms with Gasteiger partial charge in [0.15, 0.2) is 11.3 Å². The molecule has 2 heterocycles. The molecule has 0 spiro atoms. The van der Waals surface area contributed by atoms with E-state index in [1.165, 1.54) is 0 Å². The second-order valence-electron chi connectivity index (χ2n) is 6.72. The average Bonchev–Trinajstić information content (AvgIpc) is 3.30. The number of hydrogen-bond donors (Lipinski definition) is 1. The summed E-state index contributed by atoms with van der Waals surface area (Å²) in [4.78, 5) is 17.6. The number of nitrogens with one attached hydrogen (secondary N) is 1. The van der Waals surface area contributed by atoms with Gasteiger partial charge >= 0.3 is 0 Å². The van der Waals surface area contributed by atoms with Crippen LogP contribution in [0.5, 0.6) is 5.75 Å². The van der Waals surface area contributed by atoms with Gasteiger partial charge in [-0.05, 0) is 19.1 Å². The molecule has 0 saturated heterocycles. The van der Waals surface area contributed by atoms with Gasteiger partial charge in [-0.15, -0.1) is 0 Å². The lowest BCUT2D eigenvalue weighted by atomic mass is 10.0. The number of furan rings is 1. The molecule has 0 aliphatic heterocycles. The summed E-state index contributed by atoms with van der Waals surface area (Å²) in [6.07, 6.45) is 3.52. The van der Waals surface area contributed by atoms with Crippen molar-refractivity contribution in [1.82, 2.24) is 14.9 Å².